The van der Waals surface area contributed by atoms with Gasteiger partial charge in [-0.1, -0.05) is 18.6 Å². The lowest BCUT2D eigenvalue weighted by molar-refractivity contribution is 0.496. The van der Waals surface area contributed by atoms with Gasteiger partial charge in [0, 0.05) is 18.9 Å². The summed E-state index contributed by atoms with van der Waals surface area (Å²) in [6.45, 7) is 5.72. The summed E-state index contributed by atoms with van der Waals surface area (Å²) in [6.07, 6.45) is 5.73. The molecule has 6 heteroatoms. The number of nitrogen functional groups attached to an aromatic ring is 1. The molecule has 0 aliphatic carbocycles. The minimum atomic E-state index is 0.550. The van der Waals surface area contributed by atoms with E-state index in [2.05, 4.69) is 26.8 Å². The van der Waals surface area contributed by atoms with Crippen LogP contribution in [0.25, 0.3) is 0 Å². The summed E-state index contributed by atoms with van der Waals surface area (Å²) in [5, 5.41) is 7.99. The maximum atomic E-state index is 5.79. The van der Waals surface area contributed by atoms with E-state index in [0.29, 0.717) is 5.82 Å². The van der Waals surface area contributed by atoms with Crippen LogP contribution in [-0.4, -0.2) is 24.5 Å². The molecule has 2 N–H and O–H groups in total. The molecule has 0 aliphatic rings. The number of hydrogen-bond donors (Lipinski definition) is 1. The van der Waals surface area contributed by atoms with Gasteiger partial charge in [-0.2, -0.15) is 0 Å². The van der Waals surface area contributed by atoms with Crippen molar-refractivity contribution in [3.8, 4) is 0 Å². The van der Waals surface area contributed by atoms with Crippen LogP contribution in [0.4, 0.5) is 5.82 Å². The maximum absolute atomic E-state index is 5.79. The molecule has 0 unspecified atom stereocenters. The normalized spacial score (nSPS) is 10.9. The fraction of sp³-hybridized carbons (Fsp3) is 0.545. The van der Waals surface area contributed by atoms with Crippen LogP contribution in [0.5, 0.6) is 0 Å². The van der Waals surface area contributed by atoms with Crippen LogP contribution in [0.15, 0.2) is 12.4 Å². The second-order valence-electron chi connectivity index (χ2n) is 4.06. The van der Waals surface area contributed by atoms with Crippen LogP contribution in [-0.2, 0) is 19.5 Å². The molecule has 0 spiro atoms. The zero-order valence-electron chi connectivity index (χ0n) is 10.3. The van der Waals surface area contributed by atoms with Crippen molar-refractivity contribution < 1.29 is 0 Å². The van der Waals surface area contributed by atoms with Gasteiger partial charge in [0.1, 0.15) is 5.82 Å². The van der Waals surface area contributed by atoms with E-state index in [1.165, 1.54) is 0 Å². The molecular formula is C11H18N6. The molecule has 2 aromatic rings. The predicted molar refractivity (Wildman–Crippen MR) is 65.4 cm³/mol. The van der Waals surface area contributed by atoms with Gasteiger partial charge < -0.3 is 10.3 Å². The molecule has 0 atom stereocenters. The molecule has 0 saturated carbocycles. The van der Waals surface area contributed by atoms with E-state index in [4.69, 9.17) is 5.73 Å². The summed E-state index contributed by atoms with van der Waals surface area (Å²) in [6, 6.07) is 0. The molecule has 0 saturated heterocycles. The first-order valence-electron chi connectivity index (χ1n) is 5.88. The standard InChI is InChI=1S/C11H18N6/c1-3-4-10-11(12)14-15-17(10)8-7-16-6-5-13-9(16)2/h5-6H,3-4,7-8,12H2,1-2H3. The molecule has 0 fully saturated rings. The molecule has 2 aromatic heterocycles. The Bertz CT molecular complexity index is 484. The predicted octanol–water partition coefficient (Wildman–Crippen LogP) is 1.02. The highest BCUT2D eigenvalue weighted by Gasteiger charge is 2.09. The third-order valence-corrected chi connectivity index (χ3v) is 2.83. The molecule has 0 aliphatic heterocycles. The number of nitrogens with two attached hydrogens (primary N) is 1. The van der Waals surface area contributed by atoms with E-state index in [1.807, 2.05) is 17.8 Å². The van der Waals surface area contributed by atoms with E-state index in [1.54, 1.807) is 6.20 Å². The van der Waals surface area contributed by atoms with Gasteiger partial charge in [-0.3, -0.25) is 0 Å². The van der Waals surface area contributed by atoms with Gasteiger partial charge in [0.05, 0.1) is 12.2 Å². The molecule has 2 rings (SSSR count). The summed E-state index contributed by atoms with van der Waals surface area (Å²) >= 11 is 0. The van der Waals surface area contributed by atoms with Crippen molar-refractivity contribution in [1.82, 2.24) is 24.5 Å². The smallest absolute Gasteiger partial charge is 0.169 e. The lowest BCUT2D eigenvalue weighted by Crippen LogP contribution is -2.12. The van der Waals surface area contributed by atoms with Crippen molar-refractivity contribution in [3.63, 3.8) is 0 Å². The number of aromatic nitrogens is 5. The van der Waals surface area contributed by atoms with Crippen molar-refractivity contribution in [2.24, 2.45) is 0 Å². The number of hydrogen-bond acceptors (Lipinski definition) is 4. The number of anilines is 1. The number of nitrogens with zero attached hydrogens (tertiary/aromatic N) is 5. The first-order chi connectivity index (χ1) is 8.22. The Hall–Kier alpha value is -1.85. The SMILES string of the molecule is CCCc1c(N)nnn1CCn1ccnc1C. The Morgan fingerprint density at radius 3 is 2.82 bits per heavy atom. The van der Waals surface area contributed by atoms with Crippen LogP contribution in [0.1, 0.15) is 24.9 Å². The summed E-state index contributed by atoms with van der Waals surface area (Å²) in [4.78, 5) is 4.19. The van der Waals surface area contributed by atoms with Crippen LogP contribution in [0, 0.1) is 6.92 Å². The fourth-order valence-corrected chi connectivity index (χ4v) is 1.86. The maximum Gasteiger partial charge on any atom is 0.169 e. The van der Waals surface area contributed by atoms with Crippen molar-refractivity contribution in [1.29, 1.82) is 0 Å². The van der Waals surface area contributed by atoms with Gasteiger partial charge in [0.15, 0.2) is 5.82 Å². The topological polar surface area (TPSA) is 74.5 Å². The molecule has 92 valence electrons. The van der Waals surface area contributed by atoms with Crippen molar-refractivity contribution in [2.75, 3.05) is 5.73 Å². The van der Waals surface area contributed by atoms with Gasteiger partial charge in [-0.15, -0.1) is 5.10 Å². The molecular weight excluding hydrogens is 216 g/mol. The van der Waals surface area contributed by atoms with Crippen molar-refractivity contribution in [3.05, 3.63) is 23.9 Å². The van der Waals surface area contributed by atoms with Gasteiger partial charge in [-0.05, 0) is 13.3 Å². The van der Waals surface area contributed by atoms with Crippen molar-refractivity contribution in [2.45, 2.75) is 39.8 Å². The Morgan fingerprint density at radius 2 is 2.18 bits per heavy atom. The van der Waals surface area contributed by atoms with Gasteiger partial charge in [0.25, 0.3) is 0 Å². The number of imidazole rings is 1. The summed E-state index contributed by atoms with van der Waals surface area (Å²) in [5.41, 5.74) is 6.83. The summed E-state index contributed by atoms with van der Waals surface area (Å²) in [5.74, 6) is 1.56. The average molecular weight is 234 g/mol. The Morgan fingerprint density at radius 1 is 1.35 bits per heavy atom. The first-order valence-corrected chi connectivity index (χ1v) is 5.88. The van der Waals surface area contributed by atoms with Crippen LogP contribution >= 0.6 is 0 Å². The number of aryl methyl sites for hydroxylation is 3. The molecule has 17 heavy (non-hydrogen) atoms. The Balaban J connectivity index is 2.06. The highest BCUT2D eigenvalue weighted by atomic mass is 15.4. The van der Waals surface area contributed by atoms with Gasteiger partial charge in [0.2, 0.25) is 0 Å². The number of rotatable bonds is 5. The lowest BCUT2D eigenvalue weighted by atomic mass is 10.2. The highest BCUT2D eigenvalue weighted by molar-refractivity contribution is 5.32. The third-order valence-electron chi connectivity index (χ3n) is 2.83. The van der Waals surface area contributed by atoms with Crippen molar-refractivity contribution >= 4 is 5.82 Å². The zero-order valence-corrected chi connectivity index (χ0v) is 10.3. The van der Waals surface area contributed by atoms with Gasteiger partial charge >= 0.3 is 0 Å². The monoisotopic (exact) mass is 234 g/mol. The van der Waals surface area contributed by atoms with E-state index in [-0.39, 0.29) is 0 Å². The molecule has 0 bridgehead atoms. The van der Waals surface area contributed by atoms with E-state index >= 15 is 0 Å². The fourth-order valence-electron chi connectivity index (χ4n) is 1.86. The van der Waals surface area contributed by atoms with Crippen LogP contribution < -0.4 is 5.73 Å². The molecule has 0 radical (unpaired) electrons. The second kappa shape index (κ2) is 4.99. The first kappa shape index (κ1) is 11.6. The molecule has 0 amide bonds. The third kappa shape index (κ3) is 2.46. The minimum Gasteiger partial charge on any atom is -0.381 e. The van der Waals surface area contributed by atoms with Crippen LogP contribution in [0.2, 0.25) is 0 Å². The highest BCUT2D eigenvalue weighted by Crippen LogP contribution is 2.10. The molecule has 2 heterocycles. The molecule has 6 nitrogen and oxygen atoms in total. The quantitative estimate of drug-likeness (QED) is 0.838. The molecule has 0 aromatic carbocycles. The van der Waals surface area contributed by atoms with Gasteiger partial charge in [-0.25, -0.2) is 9.67 Å². The van der Waals surface area contributed by atoms with E-state index in [9.17, 15) is 0 Å². The zero-order chi connectivity index (χ0) is 12.3. The summed E-state index contributed by atoms with van der Waals surface area (Å²) < 4.78 is 3.98. The Kier molecular flexibility index (Phi) is 3.41. The summed E-state index contributed by atoms with van der Waals surface area (Å²) in [7, 11) is 0. The second-order valence-corrected chi connectivity index (χ2v) is 4.06. The van der Waals surface area contributed by atoms with Crippen LogP contribution in [0.3, 0.4) is 0 Å². The largest absolute Gasteiger partial charge is 0.381 e. The van der Waals surface area contributed by atoms with E-state index < -0.39 is 0 Å². The average Bonchev–Trinajstić information content (AvgIpc) is 2.86. The minimum absolute atomic E-state index is 0.550. The lowest BCUT2D eigenvalue weighted by Gasteiger charge is -2.07. The van der Waals surface area contributed by atoms with E-state index in [0.717, 1.165) is 37.4 Å². The Labute approximate surface area is 100 Å².